The predicted octanol–water partition coefficient (Wildman–Crippen LogP) is 3.32. The summed E-state index contributed by atoms with van der Waals surface area (Å²) in [5.74, 6) is 0.247. The predicted molar refractivity (Wildman–Crippen MR) is 90.5 cm³/mol. The second-order valence-corrected chi connectivity index (χ2v) is 7.96. The van der Waals surface area contributed by atoms with Gasteiger partial charge in [0.05, 0.1) is 16.5 Å². The molecule has 4 nitrogen and oxygen atoms in total. The first kappa shape index (κ1) is 17.2. The van der Waals surface area contributed by atoms with Crippen molar-refractivity contribution in [3.8, 4) is 5.75 Å². The van der Waals surface area contributed by atoms with Crippen molar-refractivity contribution < 1.29 is 17.5 Å². The highest BCUT2D eigenvalue weighted by molar-refractivity contribution is 7.89. The lowest BCUT2D eigenvalue weighted by Gasteiger charge is -2.15. The SMILES string of the molecule is CC(Cc1ccc2c(c1)CCO2)NS(=O)(=O)c1ccc(F)c(Cl)c1. The van der Waals surface area contributed by atoms with Crippen LogP contribution in [0.25, 0.3) is 0 Å². The summed E-state index contributed by atoms with van der Waals surface area (Å²) in [6.45, 7) is 2.47. The molecule has 0 aliphatic carbocycles. The van der Waals surface area contributed by atoms with E-state index >= 15 is 0 Å². The number of ether oxygens (including phenoxy) is 1. The summed E-state index contributed by atoms with van der Waals surface area (Å²) in [5.41, 5.74) is 2.18. The van der Waals surface area contributed by atoms with E-state index in [1.165, 1.54) is 6.07 Å². The van der Waals surface area contributed by atoms with Crippen LogP contribution >= 0.6 is 11.6 Å². The Morgan fingerprint density at radius 1 is 1.29 bits per heavy atom. The molecular formula is C17H17ClFNO3S. The van der Waals surface area contributed by atoms with E-state index in [0.29, 0.717) is 13.0 Å². The molecule has 0 saturated heterocycles. The van der Waals surface area contributed by atoms with Crippen molar-refractivity contribution in [1.29, 1.82) is 0 Å². The van der Waals surface area contributed by atoms with Crippen LogP contribution in [-0.2, 0) is 22.9 Å². The van der Waals surface area contributed by atoms with E-state index in [1.807, 2.05) is 18.2 Å². The maximum Gasteiger partial charge on any atom is 0.240 e. The van der Waals surface area contributed by atoms with Gasteiger partial charge in [0, 0.05) is 12.5 Å². The van der Waals surface area contributed by atoms with Crippen LogP contribution in [0.15, 0.2) is 41.3 Å². The highest BCUT2D eigenvalue weighted by atomic mass is 35.5. The van der Waals surface area contributed by atoms with Crippen LogP contribution in [0, 0.1) is 5.82 Å². The third kappa shape index (κ3) is 3.71. The van der Waals surface area contributed by atoms with E-state index in [9.17, 15) is 12.8 Å². The zero-order valence-corrected chi connectivity index (χ0v) is 14.6. The lowest BCUT2D eigenvalue weighted by molar-refractivity contribution is 0.357. The molecule has 1 unspecified atom stereocenters. The summed E-state index contributed by atoms with van der Waals surface area (Å²) in [4.78, 5) is -0.0527. The van der Waals surface area contributed by atoms with Crippen molar-refractivity contribution >= 4 is 21.6 Å². The first-order chi connectivity index (χ1) is 11.3. The quantitative estimate of drug-likeness (QED) is 0.879. The molecule has 2 aromatic carbocycles. The minimum atomic E-state index is -3.76. The first-order valence-corrected chi connectivity index (χ1v) is 9.43. The average molecular weight is 370 g/mol. The molecule has 7 heteroatoms. The fourth-order valence-corrected chi connectivity index (χ4v) is 4.25. The zero-order chi connectivity index (χ0) is 17.3. The Labute approximate surface area is 145 Å². The summed E-state index contributed by atoms with van der Waals surface area (Å²) in [6, 6.07) is 8.92. The monoisotopic (exact) mass is 369 g/mol. The Morgan fingerprint density at radius 2 is 2.08 bits per heavy atom. The molecule has 0 spiro atoms. The van der Waals surface area contributed by atoms with Gasteiger partial charge in [0.2, 0.25) is 10.0 Å². The average Bonchev–Trinajstić information content (AvgIpc) is 2.96. The van der Waals surface area contributed by atoms with Crippen molar-refractivity contribution in [3.05, 3.63) is 58.4 Å². The van der Waals surface area contributed by atoms with Gasteiger partial charge in [-0.25, -0.2) is 17.5 Å². The molecule has 1 atom stereocenters. The van der Waals surface area contributed by atoms with E-state index in [-0.39, 0.29) is 16.0 Å². The van der Waals surface area contributed by atoms with Crippen LogP contribution in [0.5, 0.6) is 5.75 Å². The number of nitrogens with one attached hydrogen (secondary N) is 1. The molecule has 3 rings (SSSR count). The topological polar surface area (TPSA) is 55.4 Å². The van der Waals surface area contributed by atoms with E-state index in [0.717, 1.165) is 35.4 Å². The second kappa shape index (κ2) is 6.70. The highest BCUT2D eigenvalue weighted by Gasteiger charge is 2.20. The summed E-state index contributed by atoms with van der Waals surface area (Å²) < 4.78 is 46.0. The minimum absolute atomic E-state index is 0.0527. The van der Waals surface area contributed by atoms with Crippen LogP contribution in [0.1, 0.15) is 18.1 Å². The van der Waals surface area contributed by atoms with Crippen molar-refractivity contribution in [3.63, 3.8) is 0 Å². The van der Waals surface area contributed by atoms with Crippen molar-refractivity contribution in [2.24, 2.45) is 0 Å². The zero-order valence-electron chi connectivity index (χ0n) is 13.1. The van der Waals surface area contributed by atoms with Crippen LogP contribution in [0.2, 0.25) is 5.02 Å². The summed E-state index contributed by atoms with van der Waals surface area (Å²) in [5, 5.41) is -0.218. The molecule has 0 amide bonds. The van der Waals surface area contributed by atoms with Gasteiger partial charge in [0.1, 0.15) is 11.6 Å². The molecule has 1 aliphatic rings. The number of benzene rings is 2. The Hall–Kier alpha value is -1.63. The lowest BCUT2D eigenvalue weighted by atomic mass is 10.0. The largest absolute Gasteiger partial charge is 0.493 e. The summed E-state index contributed by atoms with van der Waals surface area (Å²) in [7, 11) is -3.76. The molecule has 24 heavy (non-hydrogen) atoms. The number of sulfonamides is 1. The van der Waals surface area contributed by atoms with Gasteiger partial charge in [-0.1, -0.05) is 23.7 Å². The standard InChI is InChI=1S/C17H17ClFNO3S/c1-11(8-12-2-5-17-13(9-12)6-7-23-17)20-24(21,22)14-3-4-16(19)15(18)10-14/h2-5,9-11,20H,6-8H2,1H3. The fourth-order valence-electron chi connectivity index (χ4n) is 2.74. The molecule has 1 heterocycles. The van der Waals surface area contributed by atoms with E-state index in [2.05, 4.69) is 4.72 Å². The maximum atomic E-state index is 13.2. The van der Waals surface area contributed by atoms with Gasteiger partial charge in [-0.2, -0.15) is 0 Å². The van der Waals surface area contributed by atoms with Gasteiger partial charge in [-0.05, 0) is 48.7 Å². The highest BCUT2D eigenvalue weighted by Crippen LogP contribution is 2.26. The Balaban J connectivity index is 1.71. The number of hydrogen-bond acceptors (Lipinski definition) is 3. The Kier molecular flexibility index (Phi) is 4.80. The van der Waals surface area contributed by atoms with Gasteiger partial charge in [-0.3, -0.25) is 0 Å². The van der Waals surface area contributed by atoms with Crippen LogP contribution < -0.4 is 9.46 Å². The summed E-state index contributed by atoms with van der Waals surface area (Å²) >= 11 is 5.66. The first-order valence-electron chi connectivity index (χ1n) is 7.57. The number of hydrogen-bond donors (Lipinski definition) is 1. The van der Waals surface area contributed by atoms with Gasteiger partial charge in [-0.15, -0.1) is 0 Å². The van der Waals surface area contributed by atoms with Gasteiger partial charge in [0.25, 0.3) is 0 Å². The number of rotatable bonds is 5. The third-order valence-electron chi connectivity index (χ3n) is 3.85. The molecular weight excluding hydrogens is 353 g/mol. The van der Waals surface area contributed by atoms with Gasteiger partial charge < -0.3 is 4.74 Å². The smallest absolute Gasteiger partial charge is 0.240 e. The van der Waals surface area contributed by atoms with E-state index in [1.54, 1.807) is 6.92 Å². The molecule has 0 saturated carbocycles. The molecule has 1 N–H and O–H groups in total. The lowest BCUT2D eigenvalue weighted by Crippen LogP contribution is -2.34. The van der Waals surface area contributed by atoms with E-state index < -0.39 is 15.8 Å². The molecule has 0 bridgehead atoms. The van der Waals surface area contributed by atoms with Crippen LogP contribution in [0.3, 0.4) is 0 Å². The number of halogens is 2. The van der Waals surface area contributed by atoms with Crippen LogP contribution in [-0.4, -0.2) is 21.1 Å². The summed E-state index contributed by atoms with van der Waals surface area (Å²) in [6.07, 6.45) is 1.42. The maximum absolute atomic E-state index is 13.2. The minimum Gasteiger partial charge on any atom is -0.493 e. The molecule has 2 aromatic rings. The molecule has 0 fully saturated rings. The number of fused-ring (bicyclic) bond motifs is 1. The normalized spacial score (nSPS) is 15.0. The van der Waals surface area contributed by atoms with Crippen LogP contribution in [0.4, 0.5) is 4.39 Å². The Morgan fingerprint density at radius 3 is 2.83 bits per heavy atom. The molecule has 0 radical (unpaired) electrons. The van der Waals surface area contributed by atoms with Crippen molar-refractivity contribution in [2.75, 3.05) is 6.61 Å². The van der Waals surface area contributed by atoms with Crippen molar-refractivity contribution in [2.45, 2.75) is 30.7 Å². The third-order valence-corrected chi connectivity index (χ3v) is 5.73. The molecule has 0 aromatic heterocycles. The second-order valence-electron chi connectivity index (χ2n) is 5.84. The fraction of sp³-hybridized carbons (Fsp3) is 0.294. The van der Waals surface area contributed by atoms with E-state index in [4.69, 9.17) is 16.3 Å². The van der Waals surface area contributed by atoms with Gasteiger partial charge in [0.15, 0.2) is 0 Å². The molecule has 128 valence electrons. The van der Waals surface area contributed by atoms with Crippen molar-refractivity contribution in [1.82, 2.24) is 4.72 Å². The molecule has 1 aliphatic heterocycles. The van der Waals surface area contributed by atoms with Gasteiger partial charge >= 0.3 is 0 Å². The Bertz CT molecular complexity index is 870.